The summed E-state index contributed by atoms with van der Waals surface area (Å²) in [6.45, 7) is -0.0491. The molecule has 1 atom stereocenters. The molecule has 0 aromatic rings. The second kappa shape index (κ2) is 6.96. The summed E-state index contributed by atoms with van der Waals surface area (Å²) in [4.78, 5) is 20.2. The summed E-state index contributed by atoms with van der Waals surface area (Å²) >= 11 is 0. The van der Waals surface area contributed by atoms with Crippen LogP contribution in [0, 0.1) is 0 Å². The van der Waals surface area contributed by atoms with Gasteiger partial charge in [-0.05, 0) is 12.8 Å². The van der Waals surface area contributed by atoms with Gasteiger partial charge in [-0.3, -0.25) is 0 Å². The maximum Gasteiger partial charge on any atom is 0.404 e. The predicted molar refractivity (Wildman–Crippen MR) is 47.3 cm³/mol. The van der Waals surface area contributed by atoms with E-state index in [2.05, 4.69) is 10.6 Å². The molecule has 0 saturated heterocycles. The molecule has 7 nitrogen and oxygen atoms in total. The molecule has 0 aromatic heterocycles. The molecule has 0 unspecified atom stereocenters. The normalized spacial score (nSPS) is 11.8. The van der Waals surface area contributed by atoms with E-state index in [1.54, 1.807) is 0 Å². The Morgan fingerprint density at radius 3 is 2.29 bits per heavy atom. The number of aliphatic hydroxyl groups is 1. The molecular weight excluding hydrogens is 192 g/mol. The van der Waals surface area contributed by atoms with Crippen molar-refractivity contribution in [1.82, 2.24) is 10.6 Å². The van der Waals surface area contributed by atoms with Crippen molar-refractivity contribution in [2.24, 2.45) is 0 Å². The van der Waals surface area contributed by atoms with Gasteiger partial charge >= 0.3 is 12.2 Å². The van der Waals surface area contributed by atoms with Crippen LogP contribution in [0.3, 0.4) is 0 Å². The van der Waals surface area contributed by atoms with Gasteiger partial charge in [0.25, 0.3) is 0 Å². The van der Waals surface area contributed by atoms with Crippen LogP contribution in [0.1, 0.15) is 12.8 Å². The van der Waals surface area contributed by atoms with Crippen LogP contribution >= 0.6 is 0 Å². The summed E-state index contributed by atoms with van der Waals surface area (Å²) in [7, 11) is 0. The van der Waals surface area contributed by atoms with Crippen LogP contribution in [0.5, 0.6) is 0 Å². The molecule has 82 valence electrons. The van der Waals surface area contributed by atoms with Gasteiger partial charge in [-0.1, -0.05) is 0 Å². The number of nitrogens with one attached hydrogen (secondary N) is 2. The average molecular weight is 206 g/mol. The van der Waals surface area contributed by atoms with E-state index in [0.717, 1.165) is 0 Å². The maximum absolute atomic E-state index is 10.2. The van der Waals surface area contributed by atoms with Crippen molar-refractivity contribution >= 4 is 12.2 Å². The molecule has 0 radical (unpaired) electrons. The van der Waals surface area contributed by atoms with Crippen LogP contribution in [0.2, 0.25) is 0 Å². The van der Waals surface area contributed by atoms with Crippen LogP contribution < -0.4 is 10.6 Å². The van der Waals surface area contributed by atoms with E-state index in [4.69, 9.17) is 15.3 Å². The number of hydrogen-bond acceptors (Lipinski definition) is 3. The summed E-state index contributed by atoms with van der Waals surface area (Å²) in [5.41, 5.74) is 0. The minimum Gasteiger partial charge on any atom is -0.465 e. The number of hydrogen-bond donors (Lipinski definition) is 5. The summed E-state index contributed by atoms with van der Waals surface area (Å²) in [5.74, 6) is 0. The van der Waals surface area contributed by atoms with Gasteiger partial charge < -0.3 is 26.0 Å². The van der Waals surface area contributed by atoms with Crippen molar-refractivity contribution in [2.45, 2.75) is 18.9 Å². The van der Waals surface area contributed by atoms with Crippen LogP contribution in [-0.2, 0) is 0 Å². The largest absolute Gasteiger partial charge is 0.465 e. The first-order valence-corrected chi connectivity index (χ1v) is 4.13. The van der Waals surface area contributed by atoms with E-state index in [9.17, 15) is 9.59 Å². The van der Waals surface area contributed by atoms with Crippen LogP contribution in [0.4, 0.5) is 9.59 Å². The smallest absolute Gasteiger partial charge is 0.404 e. The Bertz CT molecular complexity index is 197. The highest BCUT2D eigenvalue weighted by Crippen LogP contribution is 1.95. The summed E-state index contributed by atoms with van der Waals surface area (Å²) < 4.78 is 0. The molecule has 0 spiro atoms. The summed E-state index contributed by atoms with van der Waals surface area (Å²) in [6.07, 6.45) is -1.45. The van der Waals surface area contributed by atoms with E-state index in [1.807, 2.05) is 0 Å². The van der Waals surface area contributed by atoms with E-state index in [-0.39, 0.29) is 13.2 Å². The zero-order valence-corrected chi connectivity index (χ0v) is 7.56. The van der Waals surface area contributed by atoms with Crippen molar-refractivity contribution in [1.29, 1.82) is 0 Å². The van der Waals surface area contributed by atoms with Gasteiger partial charge in [0, 0.05) is 6.54 Å². The van der Waals surface area contributed by atoms with Gasteiger partial charge in [-0.25, -0.2) is 9.59 Å². The zero-order valence-electron chi connectivity index (χ0n) is 7.56. The molecule has 0 bridgehead atoms. The maximum atomic E-state index is 10.2. The van der Waals surface area contributed by atoms with E-state index < -0.39 is 18.2 Å². The lowest BCUT2D eigenvalue weighted by molar-refractivity contribution is 0.174. The molecule has 0 aliphatic rings. The molecule has 0 rings (SSSR count). The molecule has 0 aliphatic carbocycles. The average Bonchev–Trinajstić information content (AvgIpc) is 2.09. The number of carboxylic acid groups (broad SMARTS) is 2. The zero-order chi connectivity index (χ0) is 11.0. The van der Waals surface area contributed by atoms with Crippen LogP contribution in [-0.4, -0.2) is 46.7 Å². The predicted octanol–water partition coefficient (Wildman–Crippen LogP) is -0.337. The SMILES string of the molecule is O=C(O)NCCC[C@@H](CO)NC(=O)O. The Morgan fingerprint density at radius 2 is 1.86 bits per heavy atom. The molecule has 0 aromatic carbocycles. The minimum atomic E-state index is -1.20. The quantitative estimate of drug-likeness (QED) is 0.381. The number of carbonyl (C=O) groups is 2. The minimum absolute atomic E-state index is 0.243. The van der Waals surface area contributed by atoms with E-state index in [1.165, 1.54) is 0 Å². The summed E-state index contributed by atoms with van der Waals surface area (Å²) in [6, 6.07) is -0.539. The monoisotopic (exact) mass is 206 g/mol. The Morgan fingerprint density at radius 1 is 1.21 bits per heavy atom. The van der Waals surface area contributed by atoms with Gasteiger partial charge in [0.15, 0.2) is 0 Å². The molecule has 5 N–H and O–H groups in total. The van der Waals surface area contributed by atoms with Gasteiger partial charge in [0.1, 0.15) is 0 Å². The molecule has 0 heterocycles. The lowest BCUT2D eigenvalue weighted by Gasteiger charge is -2.13. The fraction of sp³-hybridized carbons (Fsp3) is 0.714. The van der Waals surface area contributed by atoms with Crippen LogP contribution in [0.15, 0.2) is 0 Å². The van der Waals surface area contributed by atoms with E-state index in [0.29, 0.717) is 12.8 Å². The van der Waals surface area contributed by atoms with Crippen LogP contribution in [0.25, 0.3) is 0 Å². The van der Waals surface area contributed by atoms with Gasteiger partial charge in [-0.15, -0.1) is 0 Å². The van der Waals surface area contributed by atoms with Crippen molar-refractivity contribution in [2.75, 3.05) is 13.2 Å². The first-order chi connectivity index (χ1) is 6.56. The highest BCUT2D eigenvalue weighted by molar-refractivity contribution is 5.65. The molecular formula is C7H14N2O5. The first-order valence-electron chi connectivity index (χ1n) is 4.13. The van der Waals surface area contributed by atoms with Gasteiger partial charge in [-0.2, -0.15) is 0 Å². The Balaban J connectivity index is 3.52. The summed E-state index contributed by atoms with van der Waals surface area (Å²) in [5, 5.41) is 29.5. The highest BCUT2D eigenvalue weighted by Gasteiger charge is 2.09. The van der Waals surface area contributed by atoms with Crippen molar-refractivity contribution in [3.05, 3.63) is 0 Å². The van der Waals surface area contributed by atoms with E-state index >= 15 is 0 Å². The highest BCUT2D eigenvalue weighted by atomic mass is 16.4. The number of amides is 2. The standard InChI is InChI=1S/C7H14N2O5/c10-4-5(9-7(13)14)2-1-3-8-6(11)12/h5,8-10H,1-4H2,(H,11,12)(H,13,14)/t5-/m0/s1. The Hall–Kier alpha value is -1.50. The fourth-order valence-corrected chi connectivity index (χ4v) is 0.928. The third kappa shape index (κ3) is 7.17. The number of rotatable bonds is 6. The molecule has 2 amide bonds. The number of aliphatic hydroxyl groups excluding tert-OH is 1. The van der Waals surface area contributed by atoms with Gasteiger partial charge in [0.05, 0.1) is 12.6 Å². The second-order valence-electron chi connectivity index (χ2n) is 2.70. The third-order valence-corrected chi connectivity index (χ3v) is 1.55. The van der Waals surface area contributed by atoms with Gasteiger partial charge in [0.2, 0.25) is 0 Å². The van der Waals surface area contributed by atoms with Crippen molar-refractivity contribution in [3.8, 4) is 0 Å². The molecule has 7 heteroatoms. The Labute approximate surface area is 80.7 Å². The topological polar surface area (TPSA) is 119 Å². The van der Waals surface area contributed by atoms with Crippen molar-refractivity contribution < 1.29 is 24.9 Å². The fourth-order valence-electron chi connectivity index (χ4n) is 0.928. The molecule has 0 fully saturated rings. The molecule has 14 heavy (non-hydrogen) atoms. The lowest BCUT2D eigenvalue weighted by atomic mass is 10.2. The third-order valence-electron chi connectivity index (χ3n) is 1.55. The molecule has 0 saturated carbocycles. The second-order valence-corrected chi connectivity index (χ2v) is 2.70. The lowest BCUT2D eigenvalue weighted by Crippen LogP contribution is -2.37. The molecule has 0 aliphatic heterocycles. The van der Waals surface area contributed by atoms with Crippen molar-refractivity contribution in [3.63, 3.8) is 0 Å². The Kier molecular flexibility index (Phi) is 6.21. The first kappa shape index (κ1) is 12.5.